The number of hydrogen-bond donors (Lipinski definition) is 1. The molecule has 0 radical (unpaired) electrons. The molecule has 5 heteroatoms. The smallest absolute Gasteiger partial charge is 0.129 e. The Hall–Kier alpha value is -0.780. The molecule has 2 aromatic rings. The van der Waals surface area contributed by atoms with Crippen molar-refractivity contribution in [3.63, 3.8) is 0 Å². The average molecular weight is 391 g/mol. The Morgan fingerprint density at radius 1 is 1.05 bits per heavy atom. The molecule has 1 atom stereocenters. The Kier molecular flexibility index (Phi) is 4.71. The molecule has 0 amide bonds. The monoisotopic (exact) mass is 389 g/mol. The van der Waals surface area contributed by atoms with Crippen molar-refractivity contribution in [1.29, 1.82) is 0 Å². The molecule has 0 aliphatic carbocycles. The predicted molar refractivity (Wildman–Crippen MR) is 78.8 cm³/mol. The van der Waals surface area contributed by atoms with Gasteiger partial charge in [0.15, 0.2) is 0 Å². The molecule has 1 unspecified atom stereocenters. The molecule has 2 aromatic carbocycles. The molecule has 0 aliphatic rings. The summed E-state index contributed by atoms with van der Waals surface area (Å²) in [6, 6.07) is 8.68. The van der Waals surface area contributed by atoms with Crippen LogP contribution in [-0.2, 0) is 6.42 Å². The summed E-state index contributed by atoms with van der Waals surface area (Å²) in [5, 5.41) is 0. The summed E-state index contributed by atoms with van der Waals surface area (Å²) in [5.41, 5.74) is 6.81. The molecule has 2 N–H and O–H groups in total. The van der Waals surface area contributed by atoms with Crippen molar-refractivity contribution in [2.24, 2.45) is 5.73 Å². The van der Waals surface area contributed by atoms with Gasteiger partial charge in [-0.15, -0.1) is 0 Å². The van der Waals surface area contributed by atoms with Gasteiger partial charge >= 0.3 is 0 Å². The van der Waals surface area contributed by atoms with E-state index in [0.29, 0.717) is 15.6 Å². The van der Waals surface area contributed by atoms with Gasteiger partial charge in [0.25, 0.3) is 0 Å². The van der Waals surface area contributed by atoms with E-state index in [1.807, 2.05) is 0 Å². The summed E-state index contributed by atoms with van der Waals surface area (Å²) < 4.78 is 28.8. The lowest BCUT2D eigenvalue weighted by molar-refractivity contribution is 0.561. The average Bonchev–Trinajstić information content (AvgIpc) is 2.33. The Morgan fingerprint density at radius 2 is 1.79 bits per heavy atom. The Labute approximate surface area is 127 Å². The molecule has 0 saturated heterocycles. The van der Waals surface area contributed by atoms with Gasteiger partial charge in [-0.05, 0) is 42.3 Å². The molecule has 2 rings (SSSR count). The minimum Gasteiger partial charge on any atom is -0.324 e. The lowest BCUT2D eigenvalue weighted by atomic mass is 9.99. The van der Waals surface area contributed by atoms with Crippen LogP contribution in [-0.4, -0.2) is 0 Å². The second-order valence-corrected chi connectivity index (χ2v) is 5.95. The first-order valence-electron chi connectivity index (χ1n) is 5.62. The Bertz CT molecular complexity index is 582. The van der Waals surface area contributed by atoms with E-state index < -0.39 is 11.9 Å². The van der Waals surface area contributed by atoms with Crippen LogP contribution in [0, 0.1) is 11.6 Å². The summed E-state index contributed by atoms with van der Waals surface area (Å²) >= 11 is 6.55. The van der Waals surface area contributed by atoms with Crippen molar-refractivity contribution >= 4 is 31.9 Å². The third-order valence-corrected chi connectivity index (χ3v) is 4.00. The van der Waals surface area contributed by atoms with Crippen LogP contribution >= 0.6 is 31.9 Å². The first kappa shape index (κ1) is 14.6. The van der Waals surface area contributed by atoms with Gasteiger partial charge in [-0.1, -0.05) is 37.9 Å². The molecule has 100 valence electrons. The van der Waals surface area contributed by atoms with Crippen molar-refractivity contribution in [2.45, 2.75) is 12.5 Å². The number of rotatable bonds is 3. The Balaban J connectivity index is 2.31. The molecule has 0 aliphatic heterocycles. The highest BCUT2D eigenvalue weighted by Gasteiger charge is 2.17. The molecule has 1 nitrogen and oxygen atoms in total. The largest absolute Gasteiger partial charge is 0.324 e. The van der Waals surface area contributed by atoms with E-state index in [1.54, 1.807) is 24.3 Å². The van der Waals surface area contributed by atoms with E-state index >= 15 is 0 Å². The summed E-state index contributed by atoms with van der Waals surface area (Å²) in [5.74, 6) is -0.733. The predicted octanol–water partition coefficient (Wildman–Crippen LogP) is 4.73. The third-order valence-electron chi connectivity index (χ3n) is 2.82. The molecule has 19 heavy (non-hydrogen) atoms. The quantitative estimate of drug-likeness (QED) is 0.805. The maximum absolute atomic E-state index is 13.8. The zero-order valence-corrected chi connectivity index (χ0v) is 13.0. The fourth-order valence-corrected chi connectivity index (χ4v) is 2.95. The molecule has 0 bridgehead atoms. The first-order chi connectivity index (χ1) is 8.99. The zero-order valence-electron chi connectivity index (χ0n) is 9.84. The molecule has 0 heterocycles. The van der Waals surface area contributed by atoms with Crippen molar-refractivity contribution in [3.8, 4) is 0 Å². The van der Waals surface area contributed by atoms with Gasteiger partial charge in [0, 0.05) is 20.6 Å². The van der Waals surface area contributed by atoms with Crippen molar-refractivity contribution in [2.75, 3.05) is 0 Å². The Morgan fingerprint density at radius 3 is 2.47 bits per heavy atom. The lowest BCUT2D eigenvalue weighted by Crippen LogP contribution is -2.16. The fourth-order valence-electron chi connectivity index (χ4n) is 1.90. The van der Waals surface area contributed by atoms with Gasteiger partial charge < -0.3 is 5.73 Å². The summed E-state index contributed by atoms with van der Waals surface area (Å²) in [4.78, 5) is 0. The van der Waals surface area contributed by atoms with Crippen LogP contribution < -0.4 is 5.73 Å². The zero-order chi connectivity index (χ0) is 14.0. The van der Waals surface area contributed by atoms with Gasteiger partial charge in [0.1, 0.15) is 11.6 Å². The standard InChI is InChI=1S/C14H11Br2F2N/c15-9-4-5-11(17)8(6-9)7-13(19)14-10(16)2-1-3-12(14)18/h1-6,13H,7,19H2. The van der Waals surface area contributed by atoms with E-state index in [4.69, 9.17) is 5.73 Å². The summed E-state index contributed by atoms with van der Waals surface area (Å²) in [6.07, 6.45) is 0.227. The van der Waals surface area contributed by atoms with Gasteiger partial charge in [-0.25, -0.2) is 8.78 Å². The molecule has 0 aromatic heterocycles. The van der Waals surface area contributed by atoms with E-state index in [-0.39, 0.29) is 12.2 Å². The summed E-state index contributed by atoms with van der Waals surface area (Å²) in [6.45, 7) is 0. The molecular formula is C14H11Br2F2N. The highest BCUT2D eigenvalue weighted by Crippen LogP contribution is 2.28. The van der Waals surface area contributed by atoms with E-state index in [1.165, 1.54) is 12.1 Å². The van der Waals surface area contributed by atoms with Crippen LogP contribution in [0.25, 0.3) is 0 Å². The number of halogens is 4. The third kappa shape index (κ3) is 3.41. The van der Waals surface area contributed by atoms with Crippen LogP contribution in [0.3, 0.4) is 0 Å². The molecule has 0 saturated carbocycles. The van der Waals surface area contributed by atoms with Crippen LogP contribution in [0.5, 0.6) is 0 Å². The summed E-state index contributed by atoms with van der Waals surface area (Å²) in [7, 11) is 0. The van der Waals surface area contributed by atoms with Crippen molar-refractivity contribution < 1.29 is 8.78 Å². The van der Waals surface area contributed by atoms with E-state index in [2.05, 4.69) is 31.9 Å². The minimum absolute atomic E-state index is 0.227. The van der Waals surface area contributed by atoms with E-state index in [9.17, 15) is 8.78 Å². The number of benzene rings is 2. The van der Waals surface area contributed by atoms with Gasteiger partial charge in [0.05, 0.1) is 0 Å². The second kappa shape index (κ2) is 6.11. The topological polar surface area (TPSA) is 26.0 Å². The fraction of sp³-hybridized carbons (Fsp3) is 0.143. The maximum atomic E-state index is 13.8. The van der Waals surface area contributed by atoms with Crippen LogP contribution in [0.1, 0.15) is 17.2 Å². The highest BCUT2D eigenvalue weighted by atomic mass is 79.9. The molecule has 0 spiro atoms. The first-order valence-corrected chi connectivity index (χ1v) is 7.21. The van der Waals surface area contributed by atoms with Crippen LogP contribution in [0.4, 0.5) is 8.78 Å². The van der Waals surface area contributed by atoms with E-state index in [0.717, 1.165) is 4.47 Å². The van der Waals surface area contributed by atoms with Gasteiger partial charge in [0.2, 0.25) is 0 Å². The highest BCUT2D eigenvalue weighted by molar-refractivity contribution is 9.10. The maximum Gasteiger partial charge on any atom is 0.129 e. The minimum atomic E-state index is -0.612. The van der Waals surface area contributed by atoms with Crippen LogP contribution in [0.15, 0.2) is 45.3 Å². The van der Waals surface area contributed by atoms with Crippen LogP contribution in [0.2, 0.25) is 0 Å². The SMILES string of the molecule is NC(Cc1cc(Br)ccc1F)c1c(F)cccc1Br. The van der Waals surface area contributed by atoms with Gasteiger partial charge in [-0.2, -0.15) is 0 Å². The second-order valence-electron chi connectivity index (χ2n) is 4.18. The van der Waals surface area contributed by atoms with Crippen molar-refractivity contribution in [1.82, 2.24) is 0 Å². The lowest BCUT2D eigenvalue weighted by Gasteiger charge is -2.15. The molecular weight excluding hydrogens is 380 g/mol. The number of hydrogen-bond acceptors (Lipinski definition) is 1. The van der Waals surface area contributed by atoms with Gasteiger partial charge in [-0.3, -0.25) is 0 Å². The normalized spacial score (nSPS) is 12.5. The van der Waals surface area contributed by atoms with Crippen molar-refractivity contribution in [3.05, 3.63) is 68.1 Å². The molecule has 0 fully saturated rings. The number of nitrogens with two attached hydrogens (primary N) is 1.